The van der Waals surface area contributed by atoms with Crippen LogP contribution in [0, 0.1) is 5.92 Å². The number of amides is 1. The maximum atomic E-state index is 12.9. The molecule has 6 nitrogen and oxygen atoms in total. The van der Waals surface area contributed by atoms with Gasteiger partial charge in [-0.25, -0.2) is 8.42 Å². The number of carbonyl (C=O) groups excluding carboxylic acids is 1. The first-order valence-corrected chi connectivity index (χ1v) is 11.5. The Hall–Kier alpha value is -2.09. The average molecular weight is 436 g/mol. The van der Waals surface area contributed by atoms with Gasteiger partial charge in [0.1, 0.15) is 0 Å². The third-order valence-corrected chi connectivity index (χ3v) is 7.28. The van der Waals surface area contributed by atoms with Gasteiger partial charge in [0.05, 0.1) is 10.8 Å². The maximum absolute atomic E-state index is 12.9. The lowest BCUT2D eigenvalue weighted by molar-refractivity contribution is -0.126. The summed E-state index contributed by atoms with van der Waals surface area (Å²) in [6, 6.07) is 16.1. The lowest BCUT2D eigenvalue weighted by atomic mass is 9.99. The summed E-state index contributed by atoms with van der Waals surface area (Å²) >= 11 is 5.86. The molecule has 1 N–H and O–H groups in total. The minimum absolute atomic E-state index is 0.0949. The number of carbonyl (C=O) groups is 1. The fraction of sp³-hybridized carbons (Fsp3) is 0.381. The van der Waals surface area contributed by atoms with E-state index < -0.39 is 10.0 Å². The van der Waals surface area contributed by atoms with Gasteiger partial charge in [0.25, 0.3) is 0 Å². The number of para-hydroxylation sites is 1. The Morgan fingerprint density at radius 1 is 1.17 bits per heavy atom. The quantitative estimate of drug-likeness (QED) is 0.725. The number of hydrogen-bond acceptors (Lipinski definition) is 4. The Balaban J connectivity index is 1.54. The van der Waals surface area contributed by atoms with Gasteiger partial charge in [-0.3, -0.25) is 4.79 Å². The van der Waals surface area contributed by atoms with Gasteiger partial charge < -0.3 is 10.2 Å². The molecule has 0 bridgehead atoms. The number of piperidine rings is 1. The molecule has 0 radical (unpaired) electrons. The third kappa shape index (κ3) is 5.50. The van der Waals surface area contributed by atoms with Crippen LogP contribution in [0.2, 0.25) is 5.02 Å². The van der Waals surface area contributed by atoms with Crippen LogP contribution in [0.15, 0.2) is 59.5 Å². The Labute approximate surface area is 177 Å². The van der Waals surface area contributed by atoms with E-state index in [4.69, 9.17) is 11.6 Å². The predicted octanol–water partition coefficient (Wildman–Crippen LogP) is 2.99. The second-order valence-corrected chi connectivity index (χ2v) is 9.58. The highest BCUT2D eigenvalue weighted by molar-refractivity contribution is 7.89. The molecule has 1 amide bonds. The van der Waals surface area contributed by atoms with Crippen molar-refractivity contribution >= 4 is 33.2 Å². The van der Waals surface area contributed by atoms with Crippen LogP contribution in [0.5, 0.6) is 0 Å². The molecule has 1 fully saturated rings. The smallest absolute Gasteiger partial charge is 0.243 e. The fourth-order valence-corrected chi connectivity index (χ4v) is 5.08. The van der Waals surface area contributed by atoms with Crippen molar-refractivity contribution < 1.29 is 13.2 Å². The zero-order chi connectivity index (χ0) is 20.9. The first kappa shape index (κ1) is 21.6. The number of benzene rings is 2. The number of anilines is 1. The first-order chi connectivity index (χ1) is 13.9. The molecule has 0 spiro atoms. The molecular weight excluding hydrogens is 410 g/mol. The van der Waals surface area contributed by atoms with E-state index >= 15 is 0 Å². The van der Waals surface area contributed by atoms with Gasteiger partial charge in [0.2, 0.25) is 15.9 Å². The normalized spacial score (nSPS) is 17.7. The SMILES string of the molecule is CN(CCNC(=O)[C@@H]1CCCN(S(=O)(=O)c2ccc(Cl)cc2)C1)c1ccccc1. The number of nitrogens with zero attached hydrogens (tertiary/aromatic N) is 2. The molecule has 0 aromatic heterocycles. The van der Waals surface area contributed by atoms with Crippen LogP contribution in [-0.2, 0) is 14.8 Å². The summed E-state index contributed by atoms with van der Waals surface area (Å²) in [4.78, 5) is 14.9. The van der Waals surface area contributed by atoms with E-state index in [9.17, 15) is 13.2 Å². The minimum Gasteiger partial charge on any atom is -0.373 e. The van der Waals surface area contributed by atoms with Crippen molar-refractivity contribution in [2.75, 3.05) is 38.1 Å². The Bertz CT molecular complexity index is 920. The molecule has 2 aromatic rings. The molecule has 156 valence electrons. The van der Waals surface area contributed by atoms with E-state index in [1.54, 1.807) is 12.1 Å². The molecule has 1 aliphatic rings. The van der Waals surface area contributed by atoms with Crippen LogP contribution < -0.4 is 10.2 Å². The van der Waals surface area contributed by atoms with Crippen molar-refractivity contribution in [3.8, 4) is 0 Å². The van der Waals surface area contributed by atoms with Crippen molar-refractivity contribution in [1.29, 1.82) is 0 Å². The van der Waals surface area contributed by atoms with Crippen molar-refractivity contribution in [2.45, 2.75) is 17.7 Å². The molecule has 29 heavy (non-hydrogen) atoms. The number of rotatable bonds is 7. The first-order valence-electron chi connectivity index (χ1n) is 9.67. The Morgan fingerprint density at radius 3 is 2.55 bits per heavy atom. The van der Waals surface area contributed by atoms with Crippen LogP contribution in [0.4, 0.5) is 5.69 Å². The lowest BCUT2D eigenvalue weighted by Crippen LogP contribution is -2.46. The summed E-state index contributed by atoms with van der Waals surface area (Å²) in [7, 11) is -1.65. The summed E-state index contributed by atoms with van der Waals surface area (Å²) < 4.78 is 27.1. The molecule has 0 unspecified atom stereocenters. The summed E-state index contributed by atoms with van der Waals surface area (Å²) in [5.74, 6) is -0.435. The number of nitrogens with one attached hydrogen (secondary N) is 1. The van der Waals surface area contributed by atoms with Gasteiger partial charge in [-0.1, -0.05) is 29.8 Å². The largest absolute Gasteiger partial charge is 0.373 e. The van der Waals surface area contributed by atoms with Crippen LogP contribution in [-0.4, -0.2) is 51.9 Å². The molecule has 1 saturated heterocycles. The summed E-state index contributed by atoms with van der Waals surface area (Å²) in [5.41, 5.74) is 1.08. The van der Waals surface area contributed by atoms with Crippen molar-refractivity contribution in [2.24, 2.45) is 5.92 Å². The summed E-state index contributed by atoms with van der Waals surface area (Å²) in [6.07, 6.45) is 1.35. The zero-order valence-electron chi connectivity index (χ0n) is 16.4. The van der Waals surface area contributed by atoms with Gasteiger partial charge >= 0.3 is 0 Å². The topological polar surface area (TPSA) is 69.7 Å². The van der Waals surface area contributed by atoms with E-state index in [1.807, 2.05) is 37.4 Å². The lowest BCUT2D eigenvalue weighted by Gasteiger charge is -2.31. The number of sulfonamides is 1. The molecular formula is C21H26ClN3O3S. The highest BCUT2D eigenvalue weighted by Crippen LogP contribution is 2.24. The van der Waals surface area contributed by atoms with Crippen LogP contribution in [0.3, 0.4) is 0 Å². The molecule has 0 aliphatic carbocycles. The number of halogens is 1. The molecule has 0 saturated carbocycles. The van der Waals surface area contributed by atoms with Gasteiger partial charge in [-0.15, -0.1) is 0 Å². The van der Waals surface area contributed by atoms with Crippen LogP contribution >= 0.6 is 11.6 Å². The minimum atomic E-state index is -3.63. The van der Waals surface area contributed by atoms with Crippen LogP contribution in [0.25, 0.3) is 0 Å². The second-order valence-electron chi connectivity index (χ2n) is 7.20. The maximum Gasteiger partial charge on any atom is 0.243 e. The summed E-state index contributed by atoms with van der Waals surface area (Å²) in [5, 5.41) is 3.44. The van der Waals surface area contributed by atoms with Crippen molar-refractivity contribution in [3.63, 3.8) is 0 Å². The highest BCUT2D eigenvalue weighted by atomic mass is 35.5. The second kappa shape index (κ2) is 9.61. The van der Waals surface area contributed by atoms with Crippen molar-refractivity contribution in [3.05, 3.63) is 59.6 Å². The Kier molecular flexibility index (Phi) is 7.16. The molecule has 1 atom stereocenters. The van der Waals surface area contributed by atoms with Gasteiger partial charge in [0.15, 0.2) is 0 Å². The van der Waals surface area contributed by atoms with E-state index in [2.05, 4.69) is 10.2 Å². The number of likely N-dealkylation sites (N-methyl/N-ethyl adjacent to an activating group) is 1. The third-order valence-electron chi connectivity index (χ3n) is 5.15. The zero-order valence-corrected chi connectivity index (χ0v) is 18.0. The van der Waals surface area contributed by atoms with E-state index in [0.29, 0.717) is 37.5 Å². The van der Waals surface area contributed by atoms with E-state index in [-0.39, 0.29) is 23.3 Å². The standard InChI is InChI=1S/C21H26ClN3O3S/c1-24(19-7-3-2-4-8-19)15-13-23-21(26)17-6-5-14-25(16-17)29(27,28)20-11-9-18(22)10-12-20/h2-4,7-12,17H,5-6,13-16H2,1H3,(H,23,26)/t17-/m1/s1. The van der Waals surface area contributed by atoms with E-state index in [0.717, 1.165) is 5.69 Å². The molecule has 1 heterocycles. The van der Waals surface area contributed by atoms with Crippen molar-refractivity contribution in [1.82, 2.24) is 9.62 Å². The van der Waals surface area contributed by atoms with Crippen LogP contribution in [0.1, 0.15) is 12.8 Å². The van der Waals surface area contributed by atoms with Gasteiger partial charge in [0, 0.05) is 43.9 Å². The summed E-state index contributed by atoms with van der Waals surface area (Å²) in [6.45, 7) is 1.80. The fourth-order valence-electron chi connectivity index (χ4n) is 3.43. The van der Waals surface area contributed by atoms with Gasteiger partial charge in [-0.2, -0.15) is 4.31 Å². The molecule has 1 aliphatic heterocycles. The molecule has 3 rings (SSSR count). The number of hydrogen-bond donors (Lipinski definition) is 1. The highest BCUT2D eigenvalue weighted by Gasteiger charge is 2.33. The average Bonchev–Trinajstić information content (AvgIpc) is 2.74. The Morgan fingerprint density at radius 2 is 1.86 bits per heavy atom. The predicted molar refractivity (Wildman–Crippen MR) is 116 cm³/mol. The molecule has 2 aromatic carbocycles. The van der Waals surface area contributed by atoms with Gasteiger partial charge in [-0.05, 0) is 49.2 Å². The molecule has 8 heteroatoms. The van der Waals surface area contributed by atoms with E-state index in [1.165, 1.54) is 16.4 Å². The monoisotopic (exact) mass is 435 g/mol.